The molecule has 20 heavy (non-hydrogen) atoms. The summed E-state index contributed by atoms with van der Waals surface area (Å²) in [6.07, 6.45) is 3.08. The molecule has 1 aromatic heterocycles. The first kappa shape index (κ1) is 13.7. The lowest BCUT2D eigenvalue weighted by Gasteiger charge is -2.08. The molecule has 2 rings (SSSR count). The van der Waals surface area contributed by atoms with Gasteiger partial charge in [-0.1, -0.05) is 0 Å². The predicted molar refractivity (Wildman–Crippen MR) is 72.7 cm³/mol. The summed E-state index contributed by atoms with van der Waals surface area (Å²) >= 11 is 0. The fraction of sp³-hybridized carbons (Fsp3) is 0.143. The molecule has 0 aliphatic carbocycles. The van der Waals surface area contributed by atoms with E-state index in [0.29, 0.717) is 17.8 Å². The lowest BCUT2D eigenvalue weighted by atomic mass is 10.1. The van der Waals surface area contributed by atoms with E-state index in [1.807, 2.05) is 0 Å². The normalized spacial score (nSPS) is 10.1. The van der Waals surface area contributed by atoms with E-state index < -0.39 is 5.97 Å². The molecule has 104 valence electrons. The van der Waals surface area contributed by atoms with Crippen molar-refractivity contribution in [3.8, 4) is 0 Å². The van der Waals surface area contributed by atoms with Crippen LogP contribution in [0.4, 0.5) is 10.5 Å². The summed E-state index contributed by atoms with van der Waals surface area (Å²) < 4.78 is 4.89. The number of furan rings is 1. The maximum Gasteiger partial charge on any atom is 0.335 e. The number of rotatable bonds is 4. The first-order valence-corrected chi connectivity index (χ1v) is 5.96. The predicted octanol–water partition coefficient (Wildman–Crippen LogP) is 2.61. The van der Waals surface area contributed by atoms with Gasteiger partial charge in [0.2, 0.25) is 0 Å². The zero-order chi connectivity index (χ0) is 14.5. The smallest absolute Gasteiger partial charge is 0.335 e. The van der Waals surface area contributed by atoms with Crippen molar-refractivity contribution in [3.63, 3.8) is 0 Å². The molecule has 0 spiro atoms. The van der Waals surface area contributed by atoms with Gasteiger partial charge in [0.15, 0.2) is 0 Å². The number of hydrogen-bond donors (Lipinski definition) is 3. The Morgan fingerprint density at radius 1 is 1.30 bits per heavy atom. The monoisotopic (exact) mass is 274 g/mol. The van der Waals surface area contributed by atoms with Gasteiger partial charge in [-0.05, 0) is 36.8 Å². The fourth-order valence-corrected chi connectivity index (χ4v) is 1.73. The van der Waals surface area contributed by atoms with E-state index >= 15 is 0 Å². The Balaban J connectivity index is 1.94. The van der Waals surface area contributed by atoms with E-state index in [1.54, 1.807) is 31.4 Å². The molecule has 3 N–H and O–H groups in total. The summed E-state index contributed by atoms with van der Waals surface area (Å²) in [6, 6.07) is 6.01. The summed E-state index contributed by atoms with van der Waals surface area (Å²) in [7, 11) is 0. The number of amides is 2. The van der Waals surface area contributed by atoms with Gasteiger partial charge in [-0.25, -0.2) is 9.59 Å². The highest BCUT2D eigenvalue weighted by Crippen LogP contribution is 2.15. The molecule has 2 aromatic rings. The Bertz CT molecular complexity index is 620. The minimum Gasteiger partial charge on any atom is -0.478 e. The van der Waals surface area contributed by atoms with Crippen LogP contribution < -0.4 is 10.6 Å². The molecule has 0 bridgehead atoms. The van der Waals surface area contributed by atoms with Crippen LogP contribution in [-0.4, -0.2) is 17.1 Å². The van der Waals surface area contributed by atoms with E-state index in [4.69, 9.17) is 9.52 Å². The highest BCUT2D eigenvalue weighted by atomic mass is 16.4. The average Bonchev–Trinajstić information content (AvgIpc) is 2.89. The topological polar surface area (TPSA) is 91.6 Å². The maximum absolute atomic E-state index is 11.7. The minimum atomic E-state index is -0.988. The van der Waals surface area contributed by atoms with Gasteiger partial charge < -0.3 is 20.2 Å². The number of carbonyl (C=O) groups is 2. The first-order valence-electron chi connectivity index (χ1n) is 5.96. The van der Waals surface area contributed by atoms with Gasteiger partial charge in [0.1, 0.15) is 0 Å². The number of carboxylic acids is 1. The maximum atomic E-state index is 11.7. The molecule has 6 nitrogen and oxygen atoms in total. The Labute approximate surface area is 115 Å². The number of aryl methyl sites for hydroxylation is 1. The van der Waals surface area contributed by atoms with Crippen LogP contribution in [0.15, 0.2) is 41.2 Å². The van der Waals surface area contributed by atoms with Crippen LogP contribution in [0.1, 0.15) is 21.5 Å². The second-order valence-electron chi connectivity index (χ2n) is 4.27. The molecule has 2 amide bonds. The Morgan fingerprint density at radius 2 is 2.10 bits per heavy atom. The zero-order valence-electron chi connectivity index (χ0n) is 10.8. The van der Waals surface area contributed by atoms with E-state index in [2.05, 4.69) is 10.6 Å². The summed E-state index contributed by atoms with van der Waals surface area (Å²) in [5.74, 6) is -0.988. The first-order chi connectivity index (χ1) is 9.56. The molecule has 0 saturated heterocycles. The van der Waals surface area contributed by atoms with Crippen molar-refractivity contribution in [2.24, 2.45) is 0 Å². The second-order valence-corrected chi connectivity index (χ2v) is 4.27. The number of carboxylic acid groups (broad SMARTS) is 1. The standard InChI is InChI=1S/C14H14N2O4/c1-9-6-11(2-3-12(9)13(17)18)16-14(19)15-7-10-4-5-20-8-10/h2-6,8H,7H2,1H3,(H,17,18)(H2,15,16,19). The number of carbonyl (C=O) groups excluding carboxylic acids is 1. The van der Waals surface area contributed by atoms with Crippen LogP contribution in [0.3, 0.4) is 0 Å². The molecule has 6 heteroatoms. The van der Waals surface area contributed by atoms with Crippen molar-refractivity contribution >= 4 is 17.7 Å². The number of benzene rings is 1. The van der Waals surface area contributed by atoms with Crippen LogP contribution in [0, 0.1) is 6.92 Å². The van der Waals surface area contributed by atoms with Gasteiger partial charge in [0.05, 0.1) is 18.1 Å². The number of urea groups is 1. The summed E-state index contributed by atoms with van der Waals surface area (Å²) in [6.45, 7) is 2.03. The van der Waals surface area contributed by atoms with Crippen molar-refractivity contribution in [2.75, 3.05) is 5.32 Å². The molecule has 0 radical (unpaired) electrons. The number of hydrogen-bond acceptors (Lipinski definition) is 3. The zero-order valence-corrected chi connectivity index (χ0v) is 10.8. The van der Waals surface area contributed by atoms with Crippen LogP contribution >= 0.6 is 0 Å². The molecule has 0 fully saturated rings. The van der Waals surface area contributed by atoms with E-state index in [0.717, 1.165) is 5.56 Å². The van der Waals surface area contributed by atoms with Gasteiger partial charge in [-0.2, -0.15) is 0 Å². The number of aromatic carboxylic acids is 1. The van der Waals surface area contributed by atoms with Crippen molar-refractivity contribution in [3.05, 3.63) is 53.5 Å². The highest BCUT2D eigenvalue weighted by Gasteiger charge is 2.08. The summed E-state index contributed by atoms with van der Waals surface area (Å²) in [4.78, 5) is 22.5. The molecular formula is C14H14N2O4. The molecule has 1 aromatic carbocycles. The van der Waals surface area contributed by atoms with Crippen molar-refractivity contribution in [1.29, 1.82) is 0 Å². The quantitative estimate of drug-likeness (QED) is 0.799. The van der Waals surface area contributed by atoms with Gasteiger partial charge in [0, 0.05) is 17.8 Å². The summed E-state index contributed by atoms with van der Waals surface area (Å²) in [5, 5.41) is 14.2. The lowest BCUT2D eigenvalue weighted by molar-refractivity contribution is 0.0696. The van der Waals surface area contributed by atoms with Gasteiger partial charge in [-0.3, -0.25) is 0 Å². The SMILES string of the molecule is Cc1cc(NC(=O)NCc2ccoc2)ccc1C(=O)O. The fourth-order valence-electron chi connectivity index (χ4n) is 1.73. The lowest BCUT2D eigenvalue weighted by Crippen LogP contribution is -2.28. The Morgan fingerprint density at radius 3 is 2.70 bits per heavy atom. The van der Waals surface area contributed by atoms with E-state index in [-0.39, 0.29) is 11.6 Å². The molecule has 0 unspecified atom stereocenters. The minimum absolute atomic E-state index is 0.217. The average molecular weight is 274 g/mol. The van der Waals surface area contributed by atoms with Crippen molar-refractivity contribution in [1.82, 2.24) is 5.32 Å². The van der Waals surface area contributed by atoms with Crippen LogP contribution in [0.2, 0.25) is 0 Å². The second kappa shape index (κ2) is 5.92. The van der Waals surface area contributed by atoms with Gasteiger partial charge >= 0.3 is 12.0 Å². The largest absolute Gasteiger partial charge is 0.478 e. The molecule has 0 saturated carbocycles. The molecule has 0 aliphatic heterocycles. The number of nitrogens with one attached hydrogen (secondary N) is 2. The van der Waals surface area contributed by atoms with E-state index in [1.165, 1.54) is 12.3 Å². The summed E-state index contributed by atoms with van der Waals surface area (Å²) in [5.41, 5.74) is 2.20. The Kier molecular flexibility index (Phi) is 4.05. The van der Waals surface area contributed by atoms with Gasteiger partial charge in [0.25, 0.3) is 0 Å². The molecule has 1 heterocycles. The third-order valence-corrected chi connectivity index (χ3v) is 2.75. The molecule has 0 aliphatic rings. The third kappa shape index (κ3) is 3.38. The van der Waals surface area contributed by atoms with Crippen LogP contribution in [0.5, 0.6) is 0 Å². The van der Waals surface area contributed by atoms with Crippen LogP contribution in [0.25, 0.3) is 0 Å². The Hall–Kier alpha value is -2.76. The van der Waals surface area contributed by atoms with Crippen molar-refractivity contribution in [2.45, 2.75) is 13.5 Å². The molecular weight excluding hydrogens is 260 g/mol. The van der Waals surface area contributed by atoms with E-state index in [9.17, 15) is 9.59 Å². The number of anilines is 1. The van der Waals surface area contributed by atoms with Crippen LogP contribution in [-0.2, 0) is 6.54 Å². The van der Waals surface area contributed by atoms with Gasteiger partial charge in [-0.15, -0.1) is 0 Å². The van der Waals surface area contributed by atoms with Crippen molar-refractivity contribution < 1.29 is 19.1 Å². The highest BCUT2D eigenvalue weighted by molar-refractivity contribution is 5.92. The molecule has 0 atom stereocenters. The third-order valence-electron chi connectivity index (χ3n) is 2.75.